The summed E-state index contributed by atoms with van der Waals surface area (Å²) in [6, 6.07) is 0. The molecular formula is C9H8F4N2. The van der Waals surface area contributed by atoms with Gasteiger partial charge in [0.1, 0.15) is 5.69 Å². The zero-order valence-corrected chi connectivity index (χ0v) is 7.66. The van der Waals surface area contributed by atoms with Crippen LogP contribution < -0.4 is 5.32 Å². The molecule has 1 saturated carbocycles. The van der Waals surface area contributed by atoms with Gasteiger partial charge in [-0.3, -0.25) is 0 Å². The van der Waals surface area contributed by atoms with Crippen molar-refractivity contribution in [1.29, 1.82) is 0 Å². The fourth-order valence-corrected chi connectivity index (χ4v) is 1.21. The number of halogens is 4. The van der Waals surface area contributed by atoms with Crippen LogP contribution in [-0.2, 0) is 0 Å². The van der Waals surface area contributed by atoms with E-state index in [-0.39, 0.29) is 0 Å². The third-order valence-corrected chi connectivity index (χ3v) is 2.26. The van der Waals surface area contributed by atoms with E-state index < -0.39 is 29.2 Å². The van der Waals surface area contributed by atoms with Crippen molar-refractivity contribution < 1.29 is 17.6 Å². The van der Waals surface area contributed by atoms with Gasteiger partial charge in [0.05, 0.1) is 0 Å². The van der Waals surface area contributed by atoms with Gasteiger partial charge in [0, 0.05) is 6.54 Å². The van der Waals surface area contributed by atoms with E-state index in [4.69, 9.17) is 0 Å². The van der Waals surface area contributed by atoms with Crippen LogP contribution in [0.15, 0.2) is 0 Å². The summed E-state index contributed by atoms with van der Waals surface area (Å²) in [5.74, 6) is -5.88. The van der Waals surface area contributed by atoms with Crippen molar-refractivity contribution in [2.24, 2.45) is 5.92 Å². The van der Waals surface area contributed by atoms with Gasteiger partial charge in [-0.05, 0) is 18.8 Å². The summed E-state index contributed by atoms with van der Waals surface area (Å²) >= 11 is 0. The highest BCUT2D eigenvalue weighted by Gasteiger charge is 2.24. The van der Waals surface area contributed by atoms with Gasteiger partial charge in [-0.15, -0.1) is 0 Å². The molecule has 1 N–H and O–H groups in total. The molecule has 0 radical (unpaired) electrons. The fraction of sp³-hybridized carbons (Fsp3) is 0.444. The third kappa shape index (κ3) is 2.03. The minimum atomic E-state index is -1.63. The number of rotatable bonds is 3. The Morgan fingerprint density at radius 2 is 1.60 bits per heavy atom. The molecule has 1 aliphatic rings. The molecule has 15 heavy (non-hydrogen) atoms. The SMILES string of the molecule is Fc1nc(F)c(F)c(NCC2CC2)c1F. The molecule has 0 spiro atoms. The second-order valence-electron chi connectivity index (χ2n) is 3.52. The second kappa shape index (κ2) is 3.67. The zero-order chi connectivity index (χ0) is 11.0. The van der Waals surface area contributed by atoms with Crippen molar-refractivity contribution in [2.45, 2.75) is 12.8 Å². The van der Waals surface area contributed by atoms with Gasteiger partial charge in [-0.2, -0.15) is 22.5 Å². The molecule has 1 aromatic rings. The predicted molar refractivity (Wildman–Crippen MR) is 45.3 cm³/mol. The average molecular weight is 220 g/mol. The van der Waals surface area contributed by atoms with Crippen LogP contribution in [0.3, 0.4) is 0 Å². The molecule has 0 saturated heterocycles. The van der Waals surface area contributed by atoms with Crippen molar-refractivity contribution in [1.82, 2.24) is 4.98 Å². The van der Waals surface area contributed by atoms with Gasteiger partial charge in [-0.25, -0.2) is 0 Å². The van der Waals surface area contributed by atoms with Crippen LogP contribution in [0.5, 0.6) is 0 Å². The highest BCUT2D eigenvalue weighted by molar-refractivity contribution is 5.45. The molecular weight excluding hydrogens is 212 g/mol. The Labute approximate surface area is 83.3 Å². The van der Waals surface area contributed by atoms with Crippen LogP contribution in [-0.4, -0.2) is 11.5 Å². The van der Waals surface area contributed by atoms with Gasteiger partial charge in [0.25, 0.3) is 11.9 Å². The molecule has 1 aliphatic carbocycles. The fourth-order valence-electron chi connectivity index (χ4n) is 1.21. The quantitative estimate of drug-likeness (QED) is 0.625. The zero-order valence-electron chi connectivity index (χ0n) is 7.66. The van der Waals surface area contributed by atoms with E-state index in [1.807, 2.05) is 0 Å². The molecule has 2 rings (SSSR count). The van der Waals surface area contributed by atoms with Crippen molar-refractivity contribution in [3.05, 3.63) is 23.5 Å². The maximum absolute atomic E-state index is 13.0. The summed E-state index contributed by atoms with van der Waals surface area (Å²) in [6.07, 6.45) is 1.93. The van der Waals surface area contributed by atoms with Gasteiger partial charge >= 0.3 is 0 Å². The van der Waals surface area contributed by atoms with Crippen molar-refractivity contribution in [3.63, 3.8) is 0 Å². The number of hydrogen-bond acceptors (Lipinski definition) is 2. The topological polar surface area (TPSA) is 24.9 Å². The summed E-state index contributed by atoms with van der Waals surface area (Å²) in [7, 11) is 0. The molecule has 0 atom stereocenters. The predicted octanol–water partition coefficient (Wildman–Crippen LogP) is 2.46. The Bertz CT molecular complexity index is 364. The first-order valence-electron chi connectivity index (χ1n) is 4.53. The Hall–Kier alpha value is -1.33. The van der Waals surface area contributed by atoms with E-state index in [2.05, 4.69) is 10.3 Å². The van der Waals surface area contributed by atoms with Crippen LogP contribution in [0, 0.1) is 29.4 Å². The first-order valence-corrected chi connectivity index (χ1v) is 4.53. The second-order valence-corrected chi connectivity index (χ2v) is 3.52. The Morgan fingerprint density at radius 3 is 2.07 bits per heavy atom. The van der Waals surface area contributed by atoms with Crippen LogP contribution in [0.2, 0.25) is 0 Å². The first kappa shape index (κ1) is 10.2. The summed E-state index contributed by atoms with van der Waals surface area (Å²) in [5.41, 5.74) is -0.771. The van der Waals surface area contributed by atoms with Gasteiger partial charge in [0.15, 0.2) is 0 Å². The van der Waals surface area contributed by atoms with Gasteiger partial charge in [0.2, 0.25) is 11.6 Å². The van der Waals surface area contributed by atoms with Gasteiger partial charge < -0.3 is 5.32 Å². The number of hydrogen-bond donors (Lipinski definition) is 1. The Kier molecular flexibility index (Phi) is 2.50. The van der Waals surface area contributed by atoms with Crippen LogP contribution in [0.4, 0.5) is 23.2 Å². The minimum absolute atomic E-state index is 0.316. The Balaban J connectivity index is 2.25. The summed E-state index contributed by atoms with van der Waals surface area (Å²) in [6.45, 7) is 0.316. The van der Waals surface area contributed by atoms with E-state index in [9.17, 15) is 17.6 Å². The van der Waals surface area contributed by atoms with E-state index in [1.54, 1.807) is 0 Å². The largest absolute Gasteiger partial charge is 0.380 e. The van der Waals surface area contributed by atoms with E-state index in [1.165, 1.54) is 0 Å². The lowest BCUT2D eigenvalue weighted by molar-refractivity contribution is 0.410. The molecule has 0 bridgehead atoms. The van der Waals surface area contributed by atoms with Crippen LogP contribution in [0.25, 0.3) is 0 Å². The maximum Gasteiger partial charge on any atom is 0.253 e. The number of nitrogens with one attached hydrogen (secondary N) is 1. The summed E-state index contributed by atoms with van der Waals surface area (Å²) in [4.78, 5) is 2.45. The lowest BCUT2D eigenvalue weighted by Gasteiger charge is -2.08. The van der Waals surface area contributed by atoms with Crippen molar-refractivity contribution >= 4 is 5.69 Å². The van der Waals surface area contributed by atoms with E-state index in [0.717, 1.165) is 12.8 Å². The lowest BCUT2D eigenvalue weighted by Crippen LogP contribution is -2.11. The van der Waals surface area contributed by atoms with E-state index >= 15 is 0 Å². The Morgan fingerprint density at radius 1 is 1.07 bits per heavy atom. The highest BCUT2D eigenvalue weighted by atomic mass is 19.2. The molecule has 6 heteroatoms. The maximum atomic E-state index is 13.0. The smallest absolute Gasteiger partial charge is 0.253 e. The lowest BCUT2D eigenvalue weighted by atomic mass is 10.3. The molecule has 2 nitrogen and oxygen atoms in total. The number of anilines is 1. The normalized spacial score (nSPS) is 15.5. The molecule has 0 aromatic carbocycles. The summed E-state index contributed by atoms with van der Waals surface area (Å²) in [5, 5.41) is 2.35. The highest BCUT2D eigenvalue weighted by Crippen LogP contribution is 2.30. The molecule has 0 amide bonds. The van der Waals surface area contributed by atoms with E-state index in [0.29, 0.717) is 12.5 Å². The number of aromatic nitrogens is 1. The molecule has 82 valence electrons. The van der Waals surface area contributed by atoms with Gasteiger partial charge in [-0.1, -0.05) is 0 Å². The standard InChI is InChI=1S/C9H8F4N2/c10-5-7(14-3-4-1-2-4)6(11)9(13)15-8(5)12/h4H,1-3H2,(H,14,15). The molecule has 0 aliphatic heterocycles. The van der Waals surface area contributed by atoms with Crippen molar-refractivity contribution in [2.75, 3.05) is 11.9 Å². The third-order valence-electron chi connectivity index (χ3n) is 2.26. The number of pyridine rings is 1. The minimum Gasteiger partial charge on any atom is -0.380 e. The monoisotopic (exact) mass is 220 g/mol. The molecule has 1 aromatic heterocycles. The summed E-state index contributed by atoms with van der Waals surface area (Å²) < 4.78 is 51.3. The van der Waals surface area contributed by atoms with Crippen molar-refractivity contribution in [3.8, 4) is 0 Å². The number of nitrogens with zero attached hydrogens (tertiary/aromatic N) is 1. The van der Waals surface area contributed by atoms with Crippen LogP contribution in [0.1, 0.15) is 12.8 Å². The van der Waals surface area contributed by atoms with Crippen LogP contribution >= 0.6 is 0 Å². The molecule has 1 heterocycles. The molecule has 1 fully saturated rings. The first-order chi connectivity index (χ1) is 7.09. The molecule has 0 unspecified atom stereocenters. The average Bonchev–Trinajstić information content (AvgIpc) is 2.99.